The highest BCUT2D eigenvalue weighted by Crippen LogP contribution is 2.05. The molecule has 3 N–H and O–H groups in total. The third-order valence-electron chi connectivity index (χ3n) is 3.54. The summed E-state index contributed by atoms with van der Waals surface area (Å²) in [5, 5.41) is 6.27. The highest BCUT2D eigenvalue weighted by atomic mass is 127. The molecule has 0 saturated carbocycles. The summed E-state index contributed by atoms with van der Waals surface area (Å²) in [5.74, 6) is 0.647. The van der Waals surface area contributed by atoms with E-state index in [4.69, 9.17) is 0 Å². The number of nitrogens with zero attached hydrogens (tertiary/aromatic N) is 2. The van der Waals surface area contributed by atoms with Gasteiger partial charge in [0.1, 0.15) is 4.90 Å². The van der Waals surface area contributed by atoms with Crippen LogP contribution >= 0.6 is 24.0 Å². The summed E-state index contributed by atoms with van der Waals surface area (Å²) in [4.78, 5) is 8.49. The SMILES string of the molecule is CCNC(=NCc1ccc(C)cc1)NCCNS(=O)(=O)c1cccnc1.I. The summed E-state index contributed by atoms with van der Waals surface area (Å²) >= 11 is 0. The number of hydrogen-bond acceptors (Lipinski definition) is 4. The lowest BCUT2D eigenvalue weighted by atomic mass is 10.1. The monoisotopic (exact) mass is 503 g/mol. The van der Waals surface area contributed by atoms with Gasteiger partial charge in [-0.3, -0.25) is 4.98 Å². The maximum atomic E-state index is 12.1. The van der Waals surface area contributed by atoms with Crippen molar-refractivity contribution >= 4 is 40.0 Å². The van der Waals surface area contributed by atoms with Crippen molar-refractivity contribution in [1.82, 2.24) is 20.3 Å². The number of aliphatic imine (C=N–C) groups is 1. The van der Waals surface area contributed by atoms with Crippen molar-refractivity contribution in [2.75, 3.05) is 19.6 Å². The van der Waals surface area contributed by atoms with E-state index in [0.717, 1.165) is 12.1 Å². The van der Waals surface area contributed by atoms with Gasteiger partial charge in [-0.1, -0.05) is 29.8 Å². The van der Waals surface area contributed by atoms with E-state index in [1.54, 1.807) is 6.07 Å². The van der Waals surface area contributed by atoms with Gasteiger partial charge in [-0.25, -0.2) is 18.1 Å². The molecule has 7 nitrogen and oxygen atoms in total. The summed E-state index contributed by atoms with van der Waals surface area (Å²) in [6, 6.07) is 11.3. The number of sulfonamides is 1. The Labute approximate surface area is 178 Å². The first-order valence-corrected chi connectivity index (χ1v) is 9.97. The number of halogens is 1. The second-order valence-corrected chi connectivity index (χ2v) is 7.46. The van der Waals surface area contributed by atoms with Crippen molar-refractivity contribution in [2.45, 2.75) is 25.3 Å². The Morgan fingerprint density at radius 2 is 1.85 bits per heavy atom. The maximum Gasteiger partial charge on any atom is 0.242 e. The van der Waals surface area contributed by atoms with Gasteiger partial charge in [0.25, 0.3) is 0 Å². The van der Waals surface area contributed by atoms with Gasteiger partial charge in [0.05, 0.1) is 6.54 Å². The Hall–Kier alpha value is -1.72. The molecule has 0 unspecified atom stereocenters. The van der Waals surface area contributed by atoms with Crippen molar-refractivity contribution in [3.05, 3.63) is 59.9 Å². The number of aromatic nitrogens is 1. The summed E-state index contributed by atoms with van der Waals surface area (Å²) < 4.78 is 26.8. The van der Waals surface area contributed by atoms with Crippen molar-refractivity contribution in [3.63, 3.8) is 0 Å². The number of aryl methyl sites for hydroxylation is 1. The van der Waals surface area contributed by atoms with Gasteiger partial charge < -0.3 is 10.6 Å². The smallest absolute Gasteiger partial charge is 0.242 e. The first-order valence-electron chi connectivity index (χ1n) is 8.48. The third-order valence-corrected chi connectivity index (χ3v) is 4.99. The van der Waals surface area contributed by atoms with E-state index < -0.39 is 10.0 Å². The Kier molecular flexibility index (Phi) is 10.3. The van der Waals surface area contributed by atoms with Crippen LogP contribution in [0, 0.1) is 6.92 Å². The summed E-state index contributed by atoms with van der Waals surface area (Å²) in [5.41, 5.74) is 2.33. The minimum Gasteiger partial charge on any atom is -0.357 e. The van der Waals surface area contributed by atoms with Crippen LogP contribution in [0.25, 0.3) is 0 Å². The zero-order valence-corrected chi connectivity index (χ0v) is 18.6. The predicted octanol–water partition coefficient (Wildman–Crippen LogP) is 2.04. The standard InChI is InChI=1S/C18H25N5O2S.HI/c1-3-20-18(22-13-16-8-6-15(2)7-9-16)21-11-12-23-26(24,25)17-5-4-10-19-14-17;/h4-10,14,23H,3,11-13H2,1-2H3,(H2,20,21,22);1H. The molecule has 0 aliphatic heterocycles. The van der Waals surface area contributed by atoms with Crippen LogP contribution in [0.2, 0.25) is 0 Å². The molecule has 2 aromatic rings. The van der Waals surface area contributed by atoms with Crippen molar-refractivity contribution in [3.8, 4) is 0 Å². The molecule has 1 heterocycles. The normalized spacial score (nSPS) is 11.6. The minimum absolute atomic E-state index is 0. The predicted molar refractivity (Wildman–Crippen MR) is 119 cm³/mol. The molecular weight excluding hydrogens is 477 g/mol. The fraction of sp³-hybridized carbons (Fsp3) is 0.333. The van der Waals surface area contributed by atoms with Crippen LogP contribution in [0.4, 0.5) is 0 Å². The largest absolute Gasteiger partial charge is 0.357 e. The average molecular weight is 503 g/mol. The third kappa shape index (κ3) is 8.22. The number of pyridine rings is 1. The Morgan fingerprint density at radius 1 is 1.11 bits per heavy atom. The van der Waals surface area contributed by atoms with Crippen molar-refractivity contribution in [1.29, 1.82) is 0 Å². The highest BCUT2D eigenvalue weighted by molar-refractivity contribution is 14.0. The minimum atomic E-state index is -3.54. The van der Waals surface area contributed by atoms with Gasteiger partial charge >= 0.3 is 0 Å². The van der Waals surface area contributed by atoms with E-state index >= 15 is 0 Å². The number of guanidine groups is 1. The van der Waals surface area contributed by atoms with Crippen LogP contribution in [-0.2, 0) is 16.6 Å². The Balaban J connectivity index is 0.00000364. The van der Waals surface area contributed by atoms with Crippen LogP contribution in [0.1, 0.15) is 18.1 Å². The topological polar surface area (TPSA) is 95.5 Å². The van der Waals surface area contributed by atoms with Crippen molar-refractivity contribution < 1.29 is 8.42 Å². The average Bonchev–Trinajstić information content (AvgIpc) is 2.65. The number of nitrogens with one attached hydrogen (secondary N) is 3. The molecule has 9 heteroatoms. The lowest BCUT2D eigenvalue weighted by Gasteiger charge is -2.12. The Bertz CT molecular complexity index is 811. The molecule has 0 aliphatic rings. The number of benzene rings is 1. The Morgan fingerprint density at radius 3 is 2.48 bits per heavy atom. The maximum absolute atomic E-state index is 12.1. The van der Waals surface area contributed by atoms with Gasteiger partial charge in [-0.05, 0) is 31.5 Å². The highest BCUT2D eigenvalue weighted by Gasteiger charge is 2.12. The molecule has 2 rings (SSSR count). The van der Waals surface area contributed by atoms with Gasteiger partial charge in [0, 0.05) is 32.0 Å². The molecule has 148 valence electrons. The molecule has 0 atom stereocenters. The molecule has 0 amide bonds. The zero-order valence-electron chi connectivity index (χ0n) is 15.5. The van der Waals surface area contributed by atoms with Crippen LogP contribution in [0.3, 0.4) is 0 Å². The van der Waals surface area contributed by atoms with E-state index in [1.165, 1.54) is 24.0 Å². The first-order chi connectivity index (χ1) is 12.5. The summed E-state index contributed by atoms with van der Waals surface area (Å²) in [6.07, 6.45) is 2.86. The van der Waals surface area contributed by atoms with Gasteiger partial charge in [-0.2, -0.15) is 0 Å². The molecule has 0 spiro atoms. The van der Waals surface area contributed by atoms with Crippen LogP contribution < -0.4 is 15.4 Å². The molecular formula is C18H26IN5O2S. The molecule has 0 saturated heterocycles. The van der Waals surface area contributed by atoms with E-state index in [-0.39, 0.29) is 35.4 Å². The lowest BCUT2D eigenvalue weighted by molar-refractivity contribution is 0.580. The van der Waals surface area contributed by atoms with Crippen LogP contribution in [-0.4, -0.2) is 39.0 Å². The molecule has 0 bridgehead atoms. The molecule has 0 aliphatic carbocycles. The molecule has 1 aromatic heterocycles. The van der Waals surface area contributed by atoms with E-state index in [1.807, 2.05) is 26.0 Å². The van der Waals surface area contributed by atoms with E-state index in [0.29, 0.717) is 19.0 Å². The molecule has 27 heavy (non-hydrogen) atoms. The molecule has 0 radical (unpaired) electrons. The van der Waals surface area contributed by atoms with E-state index in [9.17, 15) is 8.42 Å². The zero-order chi connectivity index (χ0) is 18.8. The fourth-order valence-corrected chi connectivity index (χ4v) is 3.16. The quantitative estimate of drug-likeness (QED) is 0.222. The number of hydrogen-bond donors (Lipinski definition) is 3. The van der Waals surface area contributed by atoms with Crippen molar-refractivity contribution in [2.24, 2.45) is 4.99 Å². The van der Waals surface area contributed by atoms with Crippen LogP contribution in [0.5, 0.6) is 0 Å². The summed E-state index contributed by atoms with van der Waals surface area (Å²) in [7, 11) is -3.54. The van der Waals surface area contributed by atoms with Gasteiger partial charge in [0.15, 0.2) is 5.96 Å². The number of rotatable bonds is 8. The van der Waals surface area contributed by atoms with Gasteiger partial charge in [0.2, 0.25) is 10.0 Å². The first kappa shape index (κ1) is 23.3. The molecule has 1 aromatic carbocycles. The van der Waals surface area contributed by atoms with Crippen LogP contribution in [0.15, 0.2) is 58.7 Å². The fourth-order valence-electron chi connectivity index (χ4n) is 2.16. The van der Waals surface area contributed by atoms with E-state index in [2.05, 4.69) is 37.5 Å². The summed E-state index contributed by atoms with van der Waals surface area (Å²) in [6.45, 7) is 5.96. The molecule has 0 fully saturated rings. The second kappa shape index (κ2) is 11.9. The second-order valence-electron chi connectivity index (χ2n) is 5.69. The lowest BCUT2D eigenvalue weighted by Crippen LogP contribution is -2.41. The van der Waals surface area contributed by atoms with Gasteiger partial charge in [-0.15, -0.1) is 24.0 Å².